The number of aromatic nitrogens is 3. The molecule has 1 aromatic heterocycles. The van der Waals surface area contributed by atoms with E-state index in [-0.39, 0.29) is 12.5 Å². The third kappa shape index (κ3) is 4.08. The average molecular weight is 350 g/mol. The molecule has 0 saturated carbocycles. The number of hydrogen-bond donors (Lipinski definition) is 1. The molecule has 0 aliphatic rings. The smallest absolute Gasteiger partial charge is 0.262 e. The summed E-state index contributed by atoms with van der Waals surface area (Å²) in [6.45, 7) is 4.07. The third-order valence-electron chi connectivity index (χ3n) is 4.16. The van der Waals surface area contributed by atoms with Crippen LogP contribution in [0.2, 0.25) is 0 Å². The van der Waals surface area contributed by atoms with Crippen molar-refractivity contribution in [3.63, 3.8) is 0 Å². The lowest BCUT2D eigenvalue weighted by Gasteiger charge is -2.14. The van der Waals surface area contributed by atoms with E-state index in [4.69, 9.17) is 4.74 Å². The van der Waals surface area contributed by atoms with Crippen molar-refractivity contribution in [3.8, 4) is 11.4 Å². The first-order valence-corrected chi connectivity index (χ1v) is 8.69. The Morgan fingerprint density at radius 2 is 1.85 bits per heavy atom. The number of ether oxygens (including phenoxy) is 1. The number of hydrogen-bond acceptors (Lipinski definition) is 4. The van der Waals surface area contributed by atoms with E-state index in [1.165, 1.54) is 5.56 Å². The van der Waals surface area contributed by atoms with Crippen molar-refractivity contribution in [2.75, 3.05) is 11.9 Å². The third-order valence-corrected chi connectivity index (χ3v) is 4.16. The topological polar surface area (TPSA) is 69.0 Å². The molecule has 6 heteroatoms. The fourth-order valence-electron chi connectivity index (χ4n) is 2.71. The number of carbonyl (C=O) groups is 1. The Bertz CT molecular complexity index is 875. The number of amides is 1. The predicted molar refractivity (Wildman–Crippen MR) is 101 cm³/mol. The molecule has 3 aromatic rings. The van der Waals surface area contributed by atoms with Crippen LogP contribution in [0, 0.1) is 0 Å². The largest absolute Gasteiger partial charge is 0.482 e. The van der Waals surface area contributed by atoms with Crippen molar-refractivity contribution in [2.24, 2.45) is 0 Å². The van der Waals surface area contributed by atoms with E-state index < -0.39 is 0 Å². The Labute approximate surface area is 152 Å². The minimum absolute atomic E-state index is 0.0708. The van der Waals surface area contributed by atoms with E-state index in [1.54, 1.807) is 17.2 Å². The van der Waals surface area contributed by atoms with E-state index >= 15 is 0 Å². The molecule has 0 spiro atoms. The van der Waals surface area contributed by atoms with E-state index in [0.717, 1.165) is 29.8 Å². The fraction of sp³-hybridized carbons (Fsp3) is 0.250. The molecular formula is C20H22N4O2. The van der Waals surface area contributed by atoms with E-state index in [9.17, 15) is 4.79 Å². The number of rotatable bonds is 7. The van der Waals surface area contributed by atoms with Gasteiger partial charge in [-0.05, 0) is 42.2 Å². The Morgan fingerprint density at radius 1 is 1.08 bits per heavy atom. The molecule has 0 aliphatic heterocycles. The van der Waals surface area contributed by atoms with Crippen LogP contribution in [0.1, 0.15) is 25.0 Å². The molecule has 6 nitrogen and oxygen atoms in total. The summed E-state index contributed by atoms with van der Waals surface area (Å²) >= 11 is 0. The summed E-state index contributed by atoms with van der Waals surface area (Å²) in [5.41, 5.74) is 3.90. The van der Waals surface area contributed by atoms with Gasteiger partial charge in [-0.3, -0.25) is 9.36 Å². The first-order chi connectivity index (χ1) is 12.7. The second-order valence-corrected chi connectivity index (χ2v) is 5.87. The molecule has 0 saturated heterocycles. The van der Waals surface area contributed by atoms with Crippen molar-refractivity contribution in [3.05, 3.63) is 66.2 Å². The highest BCUT2D eigenvalue weighted by molar-refractivity contribution is 5.92. The lowest BCUT2D eigenvalue weighted by Crippen LogP contribution is -2.21. The number of benzene rings is 2. The quantitative estimate of drug-likeness (QED) is 0.709. The van der Waals surface area contributed by atoms with Crippen LogP contribution in [0.5, 0.6) is 5.75 Å². The molecule has 0 radical (unpaired) electrons. The van der Waals surface area contributed by atoms with E-state index in [1.807, 2.05) is 42.5 Å². The summed E-state index contributed by atoms with van der Waals surface area (Å²) in [7, 11) is 0. The lowest BCUT2D eigenvalue weighted by molar-refractivity contribution is -0.118. The maximum Gasteiger partial charge on any atom is 0.262 e. The lowest BCUT2D eigenvalue weighted by atomic mass is 10.1. The van der Waals surface area contributed by atoms with Gasteiger partial charge in [-0.1, -0.05) is 38.1 Å². The molecule has 3 rings (SSSR count). The molecule has 2 aromatic carbocycles. The normalized spacial score (nSPS) is 10.5. The van der Waals surface area contributed by atoms with Gasteiger partial charge in [0.05, 0.1) is 5.69 Å². The van der Waals surface area contributed by atoms with Crippen LogP contribution in [-0.4, -0.2) is 27.3 Å². The number of para-hydroxylation sites is 1. The molecule has 0 unspecified atom stereocenters. The Kier molecular flexibility index (Phi) is 5.63. The summed E-state index contributed by atoms with van der Waals surface area (Å²) in [6, 6.07) is 13.7. The molecule has 1 heterocycles. The van der Waals surface area contributed by atoms with E-state index in [0.29, 0.717) is 5.75 Å². The molecule has 0 atom stereocenters. The highest BCUT2D eigenvalue weighted by Crippen LogP contribution is 2.24. The maximum atomic E-state index is 12.3. The Hall–Kier alpha value is -3.15. The van der Waals surface area contributed by atoms with Crippen LogP contribution < -0.4 is 10.1 Å². The number of nitrogens with zero attached hydrogens (tertiary/aromatic N) is 3. The van der Waals surface area contributed by atoms with Gasteiger partial charge in [0, 0.05) is 5.69 Å². The number of anilines is 1. The van der Waals surface area contributed by atoms with Crippen molar-refractivity contribution >= 4 is 11.6 Å². The number of carbonyl (C=O) groups excluding carboxylic acids is 1. The molecule has 0 aliphatic carbocycles. The van der Waals surface area contributed by atoms with Gasteiger partial charge >= 0.3 is 0 Å². The Balaban J connectivity index is 1.72. The molecular weight excluding hydrogens is 328 g/mol. The van der Waals surface area contributed by atoms with Crippen molar-refractivity contribution in [2.45, 2.75) is 26.7 Å². The monoisotopic (exact) mass is 350 g/mol. The van der Waals surface area contributed by atoms with Crippen molar-refractivity contribution < 1.29 is 9.53 Å². The first-order valence-electron chi connectivity index (χ1n) is 8.69. The van der Waals surface area contributed by atoms with Gasteiger partial charge in [0.25, 0.3) is 5.91 Å². The van der Waals surface area contributed by atoms with E-state index in [2.05, 4.69) is 29.4 Å². The van der Waals surface area contributed by atoms with Crippen molar-refractivity contribution in [1.82, 2.24) is 14.8 Å². The minimum Gasteiger partial charge on any atom is -0.482 e. The maximum absolute atomic E-state index is 12.3. The van der Waals surface area contributed by atoms with Crippen LogP contribution in [0.4, 0.5) is 5.69 Å². The van der Waals surface area contributed by atoms with Gasteiger partial charge in [0.2, 0.25) is 0 Å². The standard InChI is InChI=1S/C20H22N4O2/c1-3-15-9-10-19(18(11-15)24-13-21-22-14-24)26-12-20(25)23-17-8-6-5-7-16(17)4-2/h5-11,13-14H,3-4,12H2,1-2H3,(H,23,25). The second kappa shape index (κ2) is 8.29. The zero-order valence-electron chi connectivity index (χ0n) is 15.0. The fourth-order valence-corrected chi connectivity index (χ4v) is 2.71. The summed E-state index contributed by atoms with van der Waals surface area (Å²) in [6.07, 6.45) is 4.98. The summed E-state index contributed by atoms with van der Waals surface area (Å²) in [5.74, 6) is 0.418. The van der Waals surface area contributed by atoms with Gasteiger partial charge in [-0.25, -0.2) is 0 Å². The zero-order chi connectivity index (χ0) is 18.4. The highest BCUT2D eigenvalue weighted by atomic mass is 16.5. The Morgan fingerprint density at radius 3 is 2.58 bits per heavy atom. The highest BCUT2D eigenvalue weighted by Gasteiger charge is 2.11. The SMILES string of the molecule is CCc1ccc(OCC(=O)Nc2ccccc2CC)c(-n2cnnc2)c1. The molecule has 134 valence electrons. The first kappa shape index (κ1) is 17.7. The van der Waals surface area contributed by atoms with Crippen LogP contribution in [0.25, 0.3) is 5.69 Å². The molecule has 0 fully saturated rings. The average Bonchev–Trinajstić information content (AvgIpc) is 3.21. The van der Waals surface area contributed by atoms with Gasteiger partial charge in [0.1, 0.15) is 18.4 Å². The predicted octanol–water partition coefficient (Wildman–Crippen LogP) is 3.41. The van der Waals surface area contributed by atoms with Gasteiger partial charge in [-0.2, -0.15) is 0 Å². The molecule has 0 bridgehead atoms. The molecule has 1 N–H and O–H groups in total. The van der Waals surface area contributed by atoms with Gasteiger partial charge in [0.15, 0.2) is 6.61 Å². The number of nitrogens with one attached hydrogen (secondary N) is 1. The minimum atomic E-state index is -0.194. The molecule has 26 heavy (non-hydrogen) atoms. The second-order valence-electron chi connectivity index (χ2n) is 5.87. The van der Waals surface area contributed by atoms with Crippen LogP contribution >= 0.6 is 0 Å². The summed E-state index contributed by atoms with van der Waals surface area (Å²) in [5, 5.41) is 10.6. The summed E-state index contributed by atoms with van der Waals surface area (Å²) in [4.78, 5) is 12.3. The molecule has 1 amide bonds. The van der Waals surface area contributed by atoms with Crippen LogP contribution in [-0.2, 0) is 17.6 Å². The van der Waals surface area contributed by atoms with Gasteiger partial charge in [-0.15, -0.1) is 10.2 Å². The van der Waals surface area contributed by atoms with Crippen LogP contribution in [0.15, 0.2) is 55.1 Å². The zero-order valence-corrected chi connectivity index (χ0v) is 15.0. The van der Waals surface area contributed by atoms with Crippen molar-refractivity contribution in [1.29, 1.82) is 0 Å². The van der Waals surface area contributed by atoms with Gasteiger partial charge < -0.3 is 10.1 Å². The van der Waals surface area contributed by atoms with Crippen LogP contribution in [0.3, 0.4) is 0 Å². The summed E-state index contributed by atoms with van der Waals surface area (Å²) < 4.78 is 7.56. The number of aryl methyl sites for hydroxylation is 2.